The van der Waals surface area contributed by atoms with Gasteiger partial charge in [-0.1, -0.05) is 15.9 Å². The van der Waals surface area contributed by atoms with Crippen molar-refractivity contribution in [1.29, 1.82) is 0 Å². The second-order valence-corrected chi connectivity index (χ2v) is 4.68. The van der Waals surface area contributed by atoms with Crippen molar-refractivity contribution >= 4 is 27.5 Å². The number of amides is 1. The first-order chi connectivity index (χ1) is 7.41. The SMILES string of the molecule is CC(O)CN(C)C(=O)c1cc(Br)ccc1N. The molecule has 1 aromatic carbocycles. The van der Waals surface area contributed by atoms with Crippen LogP contribution in [0.2, 0.25) is 0 Å². The summed E-state index contributed by atoms with van der Waals surface area (Å²) in [5.74, 6) is -0.195. The van der Waals surface area contributed by atoms with Crippen LogP contribution >= 0.6 is 15.9 Å². The summed E-state index contributed by atoms with van der Waals surface area (Å²) in [5, 5.41) is 9.21. The van der Waals surface area contributed by atoms with E-state index in [1.165, 1.54) is 4.90 Å². The third-order valence-corrected chi connectivity index (χ3v) is 2.62. The van der Waals surface area contributed by atoms with E-state index in [0.29, 0.717) is 11.3 Å². The molecule has 1 amide bonds. The molecule has 1 aromatic rings. The van der Waals surface area contributed by atoms with Gasteiger partial charge in [-0.15, -0.1) is 0 Å². The summed E-state index contributed by atoms with van der Waals surface area (Å²) in [6, 6.07) is 5.13. The van der Waals surface area contributed by atoms with Gasteiger partial charge in [0, 0.05) is 23.8 Å². The van der Waals surface area contributed by atoms with Crippen molar-refractivity contribution in [1.82, 2.24) is 4.90 Å². The maximum absolute atomic E-state index is 12.0. The van der Waals surface area contributed by atoms with Crippen LogP contribution < -0.4 is 5.73 Å². The highest BCUT2D eigenvalue weighted by Crippen LogP contribution is 2.19. The van der Waals surface area contributed by atoms with Crippen LogP contribution in [-0.2, 0) is 0 Å². The average molecular weight is 287 g/mol. The topological polar surface area (TPSA) is 66.6 Å². The zero-order valence-corrected chi connectivity index (χ0v) is 10.9. The number of likely N-dealkylation sites (N-methyl/N-ethyl adjacent to an activating group) is 1. The fourth-order valence-electron chi connectivity index (χ4n) is 1.40. The van der Waals surface area contributed by atoms with Crippen molar-refractivity contribution in [3.8, 4) is 0 Å². The van der Waals surface area contributed by atoms with Crippen LogP contribution in [0.3, 0.4) is 0 Å². The Balaban J connectivity index is 2.91. The molecule has 5 heteroatoms. The number of carbonyl (C=O) groups excluding carboxylic acids is 1. The van der Waals surface area contributed by atoms with Gasteiger partial charge in [-0.3, -0.25) is 4.79 Å². The van der Waals surface area contributed by atoms with Gasteiger partial charge in [0.25, 0.3) is 5.91 Å². The van der Waals surface area contributed by atoms with E-state index in [-0.39, 0.29) is 12.5 Å². The predicted octanol–water partition coefficient (Wildman–Crippen LogP) is 1.48. The molecule has 1 atom stereocenters. The zero-order valence-electron chi connectivity index (χ0n) is 9.27. The predicted molar refractivity (Wildman–Crippen MR) is 67.2 cm³/mol. The number of halogens is 1. The van der Waals surface area contributed by atoms with Gasteiger partial charge in [-0.2, -0.15) is 0 Å². The lowest BCUT2D eigenvalue weighted by molar-refractivity contribution is 0.0704. The van der Waals surface area contributed by atoms with Crippen molar-refractivity contribution < 1.29 is 9.90 Å². The molecule has 0 heterocycles. The van der Waals surface area contributed by atoms with Crippen molar-refractivity contribution in [2.24, 2.45) is 0 Å². The number of hydrogen-bond donors (Lipinski definition) is 2. The molecule has 3 N–H and O–H groups in total. The third kappa shape index (κ3) is 3.21. The van der Waals surface area contributed by atoms with Crippen LogP contribution in [0.1, 0.15) is 17.3 Å². The minimum absolute atomic E-state index is 0.195. The summed E-state index contributed by atoms with van der Waals surface area (Å²) in [5.41, 5.74) is 6.61. The number of hydrogen-bond acceptors (Lipinski definition) is 3. The first-order valence-electron chi connectivity index (χ1n) is 4.90. The molecule has 16 heavy (non-hydrogen) atoms. The Bertz CT molecular complexity index is 394. The number of nitrogens with zero attached hydrogens (tertiary/aromatic N) is 1. The maximum Gasteiger partial charge on any atom is 0.255 e. The molecule has 0 aliphatic carbocycles. The molecule has 0 fully saturated rings. The quantitative estimate of drug-likeness (QED) is 0.828. The standard InChI is InChI=1S/C11H15BrN2O2/c1-7(15)6-14(2)11(16)9-5-8(12)3-4-10(9)13/h3-5,7,15H,6,13H2,1-2H3. The van der Waals surface area contributed by atoms with Crippen LogP contribution in [0.25, 0.3) is 0 Å². The number of anilines is 1. The number of carbonyl (C=O) groups is 1. The number of benzene rings is 1. The summed E-state index contributed by atoms with van der Waals surface area (Å²) < 4.78 is 0.801. The molecule has 0 aromatic heterocycles. The van der Waals surface area contributed by atoms with Crippen molar-refractivity contribution in [3.05, 3.63) is 28.2 Å². The molecule has 0 aliphatic heterocycles. The van der Waals surface area contributed by atoms with E-state index < -0.39 is 6.10 Å². The van der Waals surface area contributed by atoms with Gasteiger partial charge < -0.3 is 15.7 Å². The van der Waals surface area contributed by atoms with Crippen LogP contribution in [0, 0.1) is 0 Å². The van der Waals surface area contributed by atoms with Gasteiger partial charge in [0.2, 0.25) is 0 Å². The Morgan fingerprint density at radius 3 is 2.81 bits per heavy atom. The number of nitrogens with two attached hydrogens (primary N) is 1. The molecule has 0 saturated carbocycles. The van der Waals surface area contributed by atoms with E-state index in [2.05, 4.69) is 15.9 Å². The van der Waals surface area contributed by atoms with Gasteiger partial charge >= 0.3 is 0 Å². The summed E-state index contributed by atoms with van der Waals surface area (Å²) in [6.07, 6.45) is -0.553. The summed E-state index contributed by atoms with van der Waals surface area (Å²) in [7, 11) is 1.63. The average Bonchev–Trinajstić information content (AvgIpc) is 2.19. The molecule has 1 rings (SSSR count). The molecule has 0 bridgehead atoms. The Hall–Kier alpha value is -1.07. The molecule has 1 unspecified atom stereocenters. The minimum Gasteiger partial charge on any atom is -0.398 e. The largest absolute Gasteiger partial charge is 0.398 e. The molecule has 0 aliphatic rings. The number of nitrogen functional groups attached to an aromatic ring is 1. The maximum atomic E-state index is 12.0. The normalized spacial score (nSPS) is 12.2. The second-order valence-electron chi connectivity index (χ2n) is 3.77. The number of aliphatic hydroxyl groups is 1. The molecule has 0 spiro atoms. The molecule has 4 nitrogen and oxygen atoms in total. The van der Waals surface area contributed by atoms with Crippen LogP contribution in [-0.4, -0.2) is 35.6 Å². The number of rotatable bonds is 3. The van der Waals surface area contributed by atoms with Gasteiger partial charge in [0.1, 0.15) is 0 Å². The zero-order chi connectivity index (χ0) is 12.3. The second kappa shape index (κ2) is 5.32. The molecule has 0 saturated heterocycles. The monoisotopic (exact) mass is 286 g/mol. The van der Waals surface area contributed by atoms with Crippen LogP contribution in [0.4, 0.5) is 5.69 Å². The molecular formula is C11H15BrN2O2. The van der Waals surface area contributed by atoms with Crippen molar-refractivity contribution in [2.75, 3.05) is 19.3 Å². The fraction of sp³-hybridized carbons (Fsp3) is 0.364. The van der Waals surface area contributed by atoms with E-state index >= 15 is 0 Å². The van der Waals surface area contributed by atoms with E-state index in [0.717, 1.165) is 4.47 Å². The highest BCUT2D eigenvalue weighted by Gasteiger charge is 2.16. The highest BCUT2D eigenvalue weighted by molar-refractivity contribution is 9.10. The van der Waals surface area contributed by atoms with E-state index in [1.54, 1.807) is 32.2 Å². The summed E-state index contributed by atoms with van der Waals surface area (Å²) in [4.78, 5) is 13.4. The lowest BCUT2D eigenvalue weighted by Crippen LogP contribution is -2.33. The Morgan fingerprint density at radius 2 is 2.25 bits per heavy atom. The lowest BCUT2D eigenvalue weighted by Gasteiger charge is -2.19. The van der Waals surface area contributed by atoms with Gasteiger partial charge in [-0.25, -0.2) is 0 Å². The van der Waals surface area contributed by atoms with Gasteiger partial charge in [-0.05, 0) is 25.1 Å². The third-order valence-electron chi connectivity index (χ3n) is 2.13. The first kappa shape index (κ1) is 13.0. The van der Waals surface area contributed by atoms with E-state index in [4.69, 9.17) is 5.73 Å². The van der Waals surface area contributed by atoms with Crippen molar-refractivity contribution in [2.45, 2.75) is 13.0 Å². The van der Waals surface area contributed by atoms with E-state index in [9.17, 15) is 9.90 Å². The molecular weight excluding hydrogens is 272 g/mol. The van der Waals surface area contributed by atoms with Crippen LogP contribution in [0.5, 0.6) is 0 Å². The first-order valence-corrected chi connectivity index (χ1v) is 5.69. The Morgan fingerprint density at radius 1 is 1.62 bits per heavy atom. The smallest absolute Gasteiger partial charge is 0.255 e. The number of aliphatic hydroxyl groups excluding tert-OH is 1. The van der Waals surface area contributed by atoms with Gasteiger partial charge in [0.05, 0.1) is 11.7 Å². The summed E-state index contributed by atoms with van der Waals surface area (Å²) >= 11 is 3.29. The lowest BCUT2D eigenvalue weighted by atomic mass is 10.1. The minimum atomic E-state index is -0.553. The highest BCUT2D eigenvalue weighted by atomic mass is 79.9. The molecule has 0 radical (unpaired) electrons. The molecule has 88 valence electrons. The van der Waals surface area contributed by atoms with E-state index in [1.807, 2.05) is 0 Å². The van der Waals surface area contributed by atoms with Crippen molar-refractivity contribution in [3.63, 3.8) is 0 Å². The summed E-state index contributed by atoms with van der Waals surface area (Å²) in [6.45, 7) is 1.92. The Kier molecular flexibility index (Phi) is 4.32. The van der Waals surface area contributed by atoms with Crippen LogP contribution in [0.15, 0.2) is 22.7 Å². The Labute approximate surface area is 103 Å². The van der Waals surface area contributed by atoms with Gasteiger partial charge in [0.15, 0.2) is 0 Å². The fourth-order valence-corrected chi connectivity index (χ4v) is 1.76.